The molecule has 11 aromatic carbocycles. The molecule has 9 aliphatic rings. The smallest absolute Gasteiger partial charge is 0.264 e. The molecule has 6 aliphatic carbocycles. The number of benzene rings is 11. The first kappa shape index (κ1) is 93.8. The zero-order valence-corrected chi connectivity index (χ0v) is 78.7. The van der Waals surface area contributed by atoms with Gasteiger partial charge in [0.1, 0.15) is 0 Å². The van der Waals surface area contributed by atoms with Crippen LogP contribution in [0.2, 0.25) is 0 Å². The number of para-hydroxylation sites is 1. The van der Waals surface area contributed by atoms with Crippen LogP contribution in [0.25, 0.3) is 10.8 Å². The van der Waals surface area contributed by atoms with Crippen molar-refractivity contribution in [1.82, 2.24) is 8.61 Å². The van der Waals surface area contributed by atoms with Gasteiger partial charge in [-0.15, -0.1) is 0 Å². The van der Waals surface area contributed by atoms with Crippen molar-refractivity contribution in [3.05, 3.63) is 320 Å². The normalized spacial score (nSPS) is 17.9. The van der Waals surface area contributed by atoms with Crippen molar-refractivity contribution in [3.63, 3.8) is 0 Å². The summed E-state index contributed by atoms with van der Waals surface area (Å²) in [4.78, 5) is 27.9. The molecule has 20 rings (SSSR count). The molecule has 0 radical (unpaired) electrons. The molecule has 17 nitrogen and oxygen atoms in total. The molecule has 0 spiro atoms. The van der Waals surface area contributed by atoms with E-state index in [1.165, 1.54) is 133 Å². The lowest BCUT2D eigenvalue weighted by Crippen LogP contribution is -2.49. The van der Waals surface area contributed by atoms with Gasteiger partial charge in [-0.2, -0.15) is 8.61 Å². The van der Waals surface area contributed by atoms with Gasteiger partial charge in [-0.25, -0.2) is 42.1 Å². The maximum Gasteiger partial charge on any atom is 0.264 e. The lowest BCUT2D eigenvalue weighted by molar-refractivity contribution is 0.0987. The number of nitrogens with zero attached hydrogens (tertiary/aromatic N) is 4. The summed E-state index contributed by atoms with van der Waals surface area (Å²) in [5.74, 6) is 0.575. The largest absolute Gasteiger partial charge is 0.399 e. The Morgan fingerprint density at radius 2 is 0.744 bits per heavy atom. The van der Waals surface area contributed by atoms with E-state index in [1.807, 2.05) is 162 Å². The van der Waals surface area contributed by atoms with Crippen LogP contribution in [0, 0.1) is 5.92 Å². The van der Waals surface area contributed by atoms with Gasteiger partial charge in [-0.05, 0) is 379 Å². The molecule has 2 N–H and O–H groups in total. The van der Waals surface area contributed by atoms with Crippen LogP contribution in [-0.4, -0.2) is 102 Å². The number of sulfone groups is 2. The van der Waals surface area contributed by atoms with E-state index in [0.29, 0.717) is 73.4 Å². The van der Waals surface area contributed by atoms with Gasteiger partial charge >= 0.3 is 0 Å². The zero-order chi connectivity index (χ0) is 90.3. The summed E-state index contributed by atoms with van der Waals surface area (Å²) in [7, 11) is -14.9. The highest BCUT2D eigenvalue weighted by molar-refractivity contribution is 7.93. The number of Topliss-reactive ketones (excluding diaryl/α,β-unsaturated/α-hetero) is 1. The number of rotatable bonds is 15. The van der Waals surface area contributed by atoms with E-state index in [0.717, 1.165) is 167 Å². The Hall–Kier alpha value is -9.91. The molecule has 1 saturated carbocycles. The van der Waals surface area contributed by atoms with E-state index in [9.17, 15) is 51.7 Å². The minimum atomic E-state index is -3.48. The standard InChI is InChI=1S/C20H17NO2.C19H27NO2S.C19H21NO2S.C17H19NO2S.C17H18O2S.C15H21NO2S/c1-14(22)15-7-9-17(10-8-15)20(23)21(2)19-12-11-16-5-3-4-6-18(16)13-19;2*21-23(22,18-12-11-15-6-1-2-8-17(15)14-18)20-13-5-9-16-7-3-4-10-19(16)20;18-16-8-5-13(6-9-16)12-21(19,20)17-10-7-14-3-1-2-4-15(14)11-17;18-20(19,13-14-6-2-1-3-7-14)17-11-10-15-8-4-5-9-16(15)12-17;17-19(18,16-10-4-1-5-11-16)15-9-8-13-6-2-3-7-14(13)12-15/h3-13H,1-2H3;11-12,14,16,19H,1-10,13H2;3-4,7,10-12,14H,1-2,5-6,8-9,13H2;5-11H,1-4,12,18H2;1-3,6-7,10-12H,4-5,8-9,13H2;8-9,12H,1-7,10-11H2/t;16-,19+;;;;/m.1..../s1. The predicted molar refractivity (Wildman–Crippen MR) is 518 cm³/mol. The summed E-state index contributed by atoms with van der Waals surface area (Å²) in [5.41, 5.74) is 24.6. The molecule has 129 heavy (non-hydrogen) atoms. The second-order valence-electron chi connectivity index (χ2n) is 36.1. The molecule has 11 aromatic rings. The minimum Gasteiger partial charge on any atom is -0.399 e. The molecule has 2 saturated heterocycles. The molecule has 1 amide bonds. The Kier molecular flexibility index (Phi) is 30.9. The van der Waals surface area contributed by atoms with Crippen molar-refractivity contribution < 1.29 is 51.7 Å². The molecule has 0 aromatic heterocycles. The molecule has 678 valence electrons. The number of sulfonamides is 3. The average molecular weight is 1830 g/mol. The molecular formula is C107H123N5O12S5. The van der Waals surface area contributed by atoms with Gasteiger partial charge in [0.2, 0.25) is 20.0 Å². The lowest BCUT2D eigenvalue weighted by atomic mass is 9.79. The third-order valence-electron chi connectivity index (χ3n) is 27.2. The topological polar surface area (TPSA) is 244 Å². The number of carbonyl (C=O) groups excluding carboxylic acids is 2. The van der Waals surface area contributed by atoms with Gasteiger partial charge in [-0.3, -0.25) is 13.9 Å². The number of piperidine rings is 2. The number of amides is 1. The maximum absolute atomic E-state index is 13.3. The first-order valence-corrected chi connectivity index (χ1v) is 54.3. The molecule has 0 unspecified atom stereocenters. The fourth-order valence-corrected chi connectivity index (χ4v) is 27.7. The third kappa shape index (κ3) is 23.2. The van der Waals surface area contributed by atoms with Crippen LogP contribution < -0.4 is 14.9 Å². The fourth-order valence-electron chi connectivity index (χ4n) is 19.9. The number of aryl methyl sites for hydroxylation is 11. The number of anilines is 3. The summed E-state index contributed by atoms with van der Waals surface area (Å²) >= 11 is 0. The molecule has 2 atom stereocenters. The van der Waals surface area contributed by atoms with Crippen LogP contribution in [0.4, 0.5) is 17.1 Å². The number of carbonyl (C=O) groups is 2. The van der Waals surface area contributed by atoms with Gasteiger partial charge in [0.05, 0.1) is 41.7 Å². The van der Waals surface area contributed by atoms with E-state index in [1.54, 1.807) is 93.4 Å². The molecule has 3 aliphatic heterocycles. The van der Waals surface area contributed by atoms with Crippen molar-refractivity contribution >= 4 is 89.3 Å². The van der Waals surface area contributed by atoms with Crippen LogP contribution in [-0.2, 0) is 132 Å². The van der Waals surface area contributed by atoms with Crippen LogP contribution in [0.1, 0.15) is 228 Å². The molecule has 3 fully saturated rings. The minimum absolute atomic E-state index is 0.00752. The van der Waals surface area contributed by atoms with Crippen molar-refractivity contribution in [2.45, 2.75) is 248 Å². The average Bonchev–Trinajstić information content (AvgIpc) is 0.783. The fraction of sp³-hybridized carbons (Fsp3) is 0.383. The van der Waals surface area contributed by atoms with Crippen LogP contribution in [0.3, 0.4) is 0 Å². The quantitative estimate of drug-likeness (QED) is 0.0742. The molecule has 3 heterocycles. The number of nitrogens with two attached hydrogens (primary N) is 1. The number of hydrogen-bond donors (Lipinski definition) is 1. The van der Waals surface area contributed by atoms with Crippen LogP contribution in [0.5, 0.6) is 0 Å². The van der Waals surface area contributed by atoms with E-state index in [4.69, 9.17) is 5.73 Å². The van der Waals surface area contributed by atoms with Crippen molar-refractivity contribution in [2.24, 2.45) is 5.92 Å². The molecular weight excluding hydrogens is 1710 g/mol. The van der Waals surface area contributed by atoms with Gasteiger partial charge < -0.3 is 10.6 Å². The highest BCUT2D eigenvalue weighted by Crippen LogP contribution is 2.41. The number of hydrogen-bond acceptors (Lipinski definition) is 13. The maximum atomic E-state index is 13.3. The Bertz CT molecular complexity index is 6420. The van der Waals surface area contributed by atoms with Crippen molar-refractivity contribution in [1.29, 1.82) is 0 Å². The van der Waals surface area contributed by atoms with Crippen LogP contribution >= 0.6 is 0 Å². The molecule has 22 heteroatoms. The second kappa shape index (κ2) is 42.5. The first-order chi connectivity index (χ1) is 62.2. The highest BCUT2D eigenvalue weighted by atomic mass is 32.2. The van der Waals surface area contributed by atoms with E-state index < -0.39 is 49.7 Å². The van der Waals surface area contributed by atoms with E-state index in [2.05, 4.69) is 6.07 Å². The summed E-state index contributed by atoms with van der Waals surface area (Å²) < 4.78 is 133. The second-order valence-corrected chi connectivity index (χ2v) is 45.8. The summed E-state index contributed by atoms with van der Waals surface area (Å²) in [6, 6.07) is 73.7. The number of ketones is 1. The van der Waals surface area contributed by atoms with Crippen molar-refractivity contribution in [3.8, 4) is 0 Å². The lowest BCUT2D eigenvalue weighted by Gasteiger charge is -2.43. The first-order valence-electron chi connectivity index (χ1n) is 46.7. The van der Waals surface area contributed by atoms with Gasteiger partial charge in [-0.1, -0.05) is 153 Å². The van der Waals surface area contributed by atoms with Gasteiger partial charge in [0.25, 0.3) is 15.9 Å². The number of nitrogen functional groups attached to an aromatic ring is 1. The van der Waals surface area contributed by atoms with Gasteiger partial charge in [0, 0.05) is 61.8 Å². The summed E-state index contributed by atoms with van der Waals surface area (Å²) in [6.45, 7) is 4.15. The molecule has 0 bridgehead atoms. The van der Waals surface area contributed by atoms with Crippen molar-refractivity contribution in [2.75, 3.05) is 48.2 Å². The SMILES string of the molecule is CC(=O)c1ccc(C(=O)N(C)c2ccc3ccccc3c2)cc1.Nc1ccc(CS(=O)(=O)c2ccc3c(c2)CCCC3)cc1.O=S(=O)(Cc1ccccc1)c1ccc2c(c1)CCCC2.O=S(=O)(c1ccc2c(c1)CCCC2)N1CCCCC1.O=S(=O)(c1ccc2c(c1)CCCC2)N1CCC[C@H]2CCCC[C@@H]21.O=S(=O)(c1ccc2c(c1)CCCC2)N1CCCc2ccccc21. The monoisotopic (exact) mass is 1830 g/mol. The van der Waals surface area contributed by atoms with E-state index in [-0.39, 0.29) is 29.2 Å². The summed E-state index contributed by atoms with van der Waals surface area (Å²) in [5, 5.41) is 2.24. The summed E-state index contributed by atoms with van der Waals surface area (Å²) in [6.07, 6.45) is 34.3. The van der Waals surface area contributed by atoms with E-state index >= 15 is 0 Å². The van der Waals surface area contributed by atoms with Crippen LogP contribution in [0.15, 0.2) is 261 Å². The third-order valence-corrected chi connectivity index (χ3v) is 36.2. The highest BCUT2D eigenvalue weighted by Gasteiger charge is 2.41. The number of fused-ring (bicyclic) bond motifs is 8. The Morgan fingerprint density at radius 3 is 1.26 bits per heavy atom. The Balaban J connectivity index is 0.000000119. The Labute approximate surface area is 766 Å². The zero-order valence-electron chi connectivity index (χ0n) is 74.6. The van der Waals surface area contributed by atoms with Gasteiger partial charge in [0.15, 0.2) is 25.5 Å². The predicted octanol–water partition coefficient (Wildman–Crippen LogP) is 21.3. The Morgan fingerprint density at radius 1 is 0.333 bits per heavy atom.